The molecule has 3 aromatic rings. The van der Waals surface area contributed by atoms with Crippen LogP contribution >= 0.6 is 11.6 Å². The first-order valence-electron chi connectivity index (χ1n) is 6.94. The number of nitrogens with zero attached hydrogens (tertiary/aromatic N) is 1. The highest BCUT2D eigenvalue weighted by molar-refractivity contribution is 6.31. The highest BCUT2D eigenvalue weighted by Gasteiger charge is 2.08. The molecule has 0 fully saturated rings. The van der Waals surface area contributed by atoms with Crippen molar-refractivity contribution in [1.82, 2.24) is 4.98 Å². The summed E-state index contributed by atoms with van der Waals surface area (Å²) in [7, 11) is 0. The molecule has 0 atom stereocenters. The maximum Gasteiger partial charge on any atom is 0.0752 e. The Labute approximate surface area is 129 Å². The molecular weight excluding hydrogens is 280 g/mol. The van der Waals surface area contributed by atoms with E-state index in [1.165, 1.54) is 11.1 Å². The van der Waals surface area contributed by atoms with Crippen LogP contribution in [0.15, 0.2) is 42.6 Å². The molecule has 0 saturated heterocycles. The van der Waals surface area contributed by atoms with Gasteiger partial charge >= 0.3 is 0 Å². The van der Waals surface area contributed by atoms with Crippen LogP contribution in [0.3, 0.4) is 0 Å². The number of hydrogen-bond donors (Lipinski definition) is 1. The monoisotopic (exact) mass is 296 g/mol. The summed E-state index contributed by atoms with van der Waals surface area (Å²) in [5, 5.41) is 5.39. The van der Waals surface area contributed by atoms with Crippen LogP contribution in [0, 0.1) is 20.8 Å². The Morgan fingerprint density at radius 2 is 1.81 bits per heavy atom. The lowest BCUT2D eigenvalue weighted by atomic mass is 10.1. The Hall–Kier alpha value is -2.06. The van der Waals surface area contributed by atoms with E-state index in [2.05, 4.69) is 36.3 Å². The van der Waals surface area contributed by atoms with Crippen LogP contribution in [0.5, 0.6) is 0 Å². The molecule has 1 aromatic heterocycles. The molecule has 0 amide bonds. The van der Waals surface area contributed by atoms with Gasteiger partial charge in [-0.3, -0.25) is 4.98 Å². The van der Waals surface area contributed by atoms with Crippen LogP contribution in [-0.4, -0.2) is 4.98 Å². The lowest BCUT2D eigenvalue weighted by Gasteiger charge is -2.14. The zero-order valence-corrected chi connectivity index (χ0v) is 13.1. The van der Waals surface area contributed by atoms with Crippen LogP contribution < -0.4 is 5.32 Å². The van der Waals surface area contributed by atoms with Crippen molar-refractivity contribution < 1.29 is 0 Å². The molecule has 2 aromatic carbocycles. The van der Waals surface area contributed by atoms with Crippen molar-refractivity contribution in [2.45, 2.75) is 20.8 Å². The van der Waals surface area contributed by atoms with Crippen molar-refractivity contribution in [3.63, 3.8) is 0 Å². The Morgan fingerprint density at radius 3 is 2.62 bits per heavy atom. The minimum Gasteiger partial charge on any atom is -0.355 e. The van der Waals surface area contributed by atoms with Crippen LogP contribution in [0.4, 0.5) is 11.4 Å². The summed E-state index contributed by atoms with van der Waals surface area (Å²) in [6, 6.07) is 12.2. The molecule has 1 heterocycles. The first-order chi connectivity index (χ1) is 10.1. The molecule has 3 rings (SSSR count). The van der Waals surface area contributed by atoms with Gasteiger partial charge in [0.15, 0.2) is 0 Å². The number of benzene rings is 2. The summed E-state index contributed by atoms with van der Waals surface area (Å²) in [5.41, 5.74) is 6.58. The summed E-state index contributed by atoms with van der Waals surface area (Å²) in [6.07, 6.45) is 1.84. The van der Waals surface area contributed by atoms with Gasteiger partial charge in [0.25, 0.3) is 0 Å². The van der Waals surface area contributed by atoms with Crippen LogP contribution in [0.25, 0.3) is 10.9 Å². The Kier molecular flexibility index (Phi) is 3.56. The van der Waals surface area contributed by atoms with Gasteiger partial charge in [0.1, 0.15) is 0 Å². The first kappa shape index (κ1) is 13.9. The van der Waals surface area contributed by atoms with E-state index < -0.39 is 0 Å². The van der Waals surface area contributed by atoms with Crippen molar-refractivity contribution in [2.24, 2.45) is 0 Å². The van der Waals surface area contributed by atoms with E-state index in [1.807, 2.05) is 37.4 Å². The summed E-state index contributed by atoms with van der Waals surface area (Å²) in [5.74, 6) is 0. The first-order valence-corrected chi connectivity index (χ1v) is 7.32. The second-order valence-corrected chi connectivity index (χ2v) is 5.78. The number of pyridine rings is 1. The Morgan fingerprint density at radius 1 is 1.00 bits per heavy atom. The van der Waals surface area contributed by atoms with Crippen molar-refractivity contribution >= 4 is 33.9 Å². The number of hydrogen-bond acceptors (Lipinski definition) is 2. The number of anilines is 2. The third kappa shape index (κ3) is 2.59. The molecule has 2 nitrogen and oxygen atoms in total. The molecule has 0 bridgehead atoms. The standard InChI is InChI=1S/C18H17ClN2/c1-11-9-12(2)18-14(10-11)17(7-8-20-18)21-16-6-4-5-15(19)13(16)3/h4-10H,1-3H3,(H,20,21). The topological polar surface area (TPSA) is 24.9 Å². The predicted octanol–water partition coefficient (Wildman–Crippen LogP) is 5.56. The van der Waals surface area contributed by atoms with E-state index in [-0.39, 0.29) is 0 Å². The largest absolute Gasteiger partial charge is 0.355 e. The smallest absolute Gasteiger partial charge is 0.0752 e. The minimum absolute atomic E-state index is 0.769. The molecule has 0 saturated carbocycles. The van der Waals surface area contributed by atoms with Gasteiger partial charge in [-0.1, -0.05) is 29.3 Å². The van der Waals surface area contributed by atoms with Gasteiger partial charge in [-0.15, -0.1) is 0 Å². The minimum atomic E-state index is 0.769. The van der Waals surface area contributed by atoms with E-state index >= 15 is 0 Å². The van der Waals surface area contributed by atoms with Crippen LogP contribution in [0.1, 0.15) is 16.7 Å². The summed E-state index contributed by atoms with van der Waals surface area (Å²) >= 11 is 6.20. The SMILES string of the molecule is Cc1cc(C)c2nccc(Nc3cccc(Cl)c3C)c2c1. The predicted molar refractivity (Wildman–Crippen MR) is 90.7 cm³/mol. The summed E-state index contributed by atoms with van der Waals surface area (Å²) < 4.78 is 0. The fourth-order valence-corrected chi connectivity index (χ4v) is 2.78. The van der Waals surface area contributed by atoms with E-state index in [9.17, 15) is 0 Å². The Bertz CT molecular complexity index is 825. The van der Waals surface area contributed by atoms with E-state index in [1.54, 1.807) is 0 Å². The van der Waals surface area contributed by atoms with Gasteiger partial charge in [0.2, 0.25) is 0 Å². The quantitative estimate of drug-likeness (QED) is 0.670. The number of aryl methyl sites for hydroxylation is 2. The number of nitrogens with one attached hydrogen (secondary N) is 1. The lowest BCUT2D eigenvalue weighted by molar-refractivity contribution is 1.33. The van der Waals surface area contributed by atoms with Gasteiger partial charge in [-0.2, -0.15) is 0 Å². The summed E-state index contributed by atoms with van der Waals surface area (Å²) in [6.45, 7) is 6.22. The molecule has 0 aliphatic heterocycles. The third-order valence-corrected chi connectivity index (χ3v) is 4.13. The maximum atomic E-state index is 6.20. The van der Waals surface area contributed by atoms with Crippen molar-refractivity contribution in [2.75, 3.05) is 5.32 Å². The average molecular weight is 297 g/mol. The van der Waals surface area contributed by atoms with Gasteiger partial charge in [-0.05, 0) is 56.2 Å². The number of aromatic nitrogens is 1. The molecular formula is C18H17ClN2. The molecule has 1 N–H and O–H groups in total. The molecule has 0 unspecified atom stereocenters. The number of rotatable bonds is 2. The van der Waals surface area contributed by atoms with E-state index in [0.29, 0.717) is 0 Å². The highest BCUT2D eigenvalue weighted by atomic mass is 35.5. The van der Waals surface area contributed by atoms with Gasteiger partial charge in [0, 0.05) is 28.0 Å². The van der Waals surface area contributed by atoms with Gasteiger partial charge in [-0.25, -0.2) is 0 Å². The van der Waals surface area contributed by atoms with Gasteiger partial charge < -0.3 is 5.32 Å². The maximum absolute atomic E-state index is 6.20. The Balaban J connectivity index is 2.15. The zero-order chi connectivity index (χ0) is 15.0. The zero-order valence-electron chi connectivity index (χ0n) is 12.4. The third-order valence-electron chi connectivity index (χ3n) is 3.72. The number of fused-ring (bicyclic) bond motifs is 1. The molecule has 0 aliphatic rings. The van der Waals surface area contributed by atoms with E-state index in [0.717, 1.165) is 32.9 Å². The molecule has 0 radical (unpaired) electrons. The average Bonchev–Trinajstić information content (AvgIpc) is 2.44. The molecule has 0 aliphatic carbocycles. The van der Waals surface area contributed by atoms with Gasteiger partial charge in [0.05, 0.1) is 5.52 Å². The van der Waals surface area contributed by atoms with Crippen molar-refractivity contribution in [3.8, 4) is 0 Å². The highest BCUT2D eigenvalue weighted by Crippen LogP contribution is 2.31. The number of halogens is 1. The second kappa shape index (κ2) is 5.38. The normalized spacial score (nSPS) is 10.9. The molecule has 3 heteroatoms. The fraction of sp³-hybridized carbons (Fsp3) is 0.167. The fourth-order valence-electron chi connectivity index (χ4n) is 2.61. The van der Waals surface area contributed by atoms with Crippen molar-refractivity contribution in [1.29, 1.82) is 0 Å². The van der Waals surface area contributed by atoms with Crippen LogP contribution in [0.2, 0.25) is 5.02 Å². The second-order valence-electron chi connectivity index (χ2n) is 5.37. The van der Waals surface area contributed by atoms with Crippen molar-refractivity contribution in [3.05, 3.63) is 64.3 Å². The summed E-state index contributed by atoms with van der Waals surface area (Å²) in [4.78, 5) is 4.50. The lowest BCUT2D eigenvalue weighted by Crippen LogP contribution is -1.96. The van der Waals surface area contributed by atoms with Crippen LogP contribution in [-0.2, 0) is 0 Å². The molecule has 0 spiro atoms. The van der Waals surface area contributed by atoms with E-state index in [4.69, 9.17) is 11.6 Å². The molecule has 106 valence electrons. The molecule has 21 heavy (non-hydrogen) atoms.